The topological polar surface area (TPSA) is 85.8 Å². The molecule has 0 spiro atoms. The molecule has 1 N–H and O–H groups in total. The Kier molecular flexibility index (Phi) is 4.72. The van der Waals surface area contributed by atoms with Crippen LogP contribution in [0.2, 0.25) is 0 Å². The van der Waals surface area contributed by atoms with Gasteiger partial charge >= 0.3 is 0 Å². The van der Waals surface area contributed by atoms with Crippen LogP contribution in [0.5, 0.6) is 0 Å². The van der Waals surface area contributed by atoms with Crippen LogP contribution in [0.1, 0.15) is 17.3 Å². The lowest BCUT2D eigenvalue weighted by molar-refractivity contribution is 0.0959. The number of amides is 1. The summed E-state index contributed by atoms with van der Waals surface area (Å²) in [6, 6.07) is 13.2. The summed E-state index contributed by atoms with van der Waals surface area (Å²) in [5.74, 6) is -0.246. The summed E-state index contributed by atoms with van der Waals surface area (Å²) in [5, 5.41) is 12.1. The molecular formula is C21H19N5O2. The lowest BCUT2D eigenvalue weighted by Gasteiger charge is -2.07. The maximum atomic E-state index is 12.9. The molecule has 3 heterocycles. The van der Waals surface area contributed by atoms with E-state index in [1.54, 1.807) is 16.8 Å². The average Bonchev–Trinajstić information content (AvgIpc) is 3.39. The molecule has 4 aromatic rings. The first-order valence-electron chi connectivity index (χ1n) is 9.00. The van der Waals surface area contributed by atoms with E-state index in [-0.39, 0.29) is 5.91 Å². The molecule has 0 aliphatic rings. The highest BCUT2D eigenvalue weighted by molar-refractivity contribution is 6.10. The van der Waals surface area contributed by atoms with Gasteiger partial charge in [0.25, 0.3) is 11.6 Å². The number of fused-ring (bicyclic) bond motifs is 1. The van der Waals surface area contributed by atoms with Crippen LogP contribution in [0.4, 0.5) is 0 Å². The number of rotatable bonds is 6. The summed E-state index contributed by atoms with van der Waals surface area (Å²) >= 11 is 0. The zero-order valence-electron chi connectivity index (χ0n) is 15.4. The molecule has 0 radical (unpaired) electrons. The van der Waals surface area contributed by atoms with Crippen molar-refractivity contribution in [3.8, 4) is 22.6 Å². The van der Waals surface area contributed by atoms with Crippen molar-refractivity contribution in [2.24, 2.45) is 0 Å². The monoisotopic (exact) mass is 373 g/mol. The Bertz CT molecular complexity index is 1140. The number of pyridine rings is 1. The van der Waals surface area contributed by atoms with Crippen LogP contribution in [0, 0.1) is 0 Å². The summed E-state index contributed by atoms with van der Waals surface area (Å²) in [6.07, 6.45) is 3.50. The van der Waals surface area contributed by atoms with Crippen LogP contribution in [-0.2, 0) is 6.54 Å². The molecular weight excluding hydrogens is 354 g/mol. The Hall–Kier alpha value is -3.74. The summed E-state index contributed by atoms with van der Waals surface area (Å²) in [5.41, 5.74) is 3.39. The van der Waals surface area contributed by atoms with Gasteiger partial charge in [0.15, 0.2) is 0 Å². The molecule has 3 aromatic heterocycles. The lowest BCUT2D eigenvalue weighted by atomic mass is 10.0. The summed E-state index contributed by atoms with van der Waals surface area (Å²) in [4.78, 5) is 17.4. The standard InChI is InChI=1S/C21H19N5O2/c1-3-11-22-20(27)15-13-17(16-10-12-26(4-2)24-16)23-21-18(15)19(25-28-21)14-8-6-5-7-9-14/h3,5-10,12-13H,1,4,11H2,2H3,(H,22,27). The van der Waals surface area contributed by atoms with Crippen molar-refractivity contribution in [2.75, 3.05) is 6.54 Å². The van der Waals surface area contributed by atoms with E-state index in [2.05, 4.69) is 27.1 Å². The van der Waals surface area contributed by atoms with Crippen LogP contribution >= 0.6 is 0 Å². The maximum absolute atomic E-state index is 12.9. The first-order chi connectivity index (χ1) is 13.7. The normalized spacial score (nSPS) is 10.9. The van der Waals surface area contributed by atoms with Gasteiger partial charge in [-0.25, -0.2) is 4.98 Å². The molecule has 0 aliphatic heterocycles. The predicted molar refractivity (Wildman–Crippen MR) is 107 cm³/mol. The third-order valence-electron chi connectivity index (χ3n) is 4.37. The third kappa shape index (κ3) is 3.18. The highest BCUT2D eigenvalue weighted by atomic mass is 16.5. The molecule has 1 amide bonds. The van der Waals surface area contributed by atoms with Gasteiger partial charge in [-0.05, 0) is 19.1 Å². The van der Waals surface area contributed by atoms with Crippen LogP contribution in [-0.4, -0.2) is 32.4 Å². The van der Waals surface area contributed by atoms with Crippen molar-refractivity contribution in [3.05, 3.63) is 66.9 Å². The Morgan fingerprint density at radius 3 is 2.79 bits per heavy atom. The molecule has 0 aliphatic carbocycles. The van der Waals surface area contributed by atoms with Gasteiger partial charge in [0, 0.05) is 24.8 Å². The Morgan fingerprint density at radius 1 is 1.25 bits per heavy atom. The van der Waals surface area contributed by atoms with Crippen LogP contribution in [0.15, 0.2) is 65.8 Å². The molecule has 28 heavy (non-hydrogen) atoms. The number of nitrogens with one attached hydrogen (secondary N) is 1. The number of carbonyl (C=O) groups is 1. The lowest BCUT2D eigenvalue weighted by Crippen LogP contribution is -2.23. The van der Waals surface area contributed by atoms with Gasteiger partial charge in [0.1, 0.15) is 11.4 Å². The van der Waals surface area contributed by atoms with E-state index in [9.17, 15) is 4.79 Å². The molecule has 0 atom stereocenters. The number of benzene rings is 1. The molecule has 0 unspecified atom stereocenters. The summed E-state index contributed by atoms with van der Waals surface area (Å²) in [7, 11) is 0. The SMILES string of the molecule is C=CCNC(=O)c1cc(-c2ccn(CC)n2)nc2onc(-c3ccccc3)c12. The van der Waals surface area contributed by atoms with Crippen LogP contribution in [0.3, 0.4) is 0 Å². The molecule has 0 saturated heterocycles. The first-order valence-corrected chi connectivity index (χ1v) is 9.00. The van der Waals surface area contributed by atoms with Crippen molar-refractivity contribution < 1.29 is 9.32 Å². The molecule has 0 saturated carbocycles. The highest BCUT2D eigenvalue weighted by Crippen LogP contribution is 2.32. The van der Waals surface area contributed by atoms with E-state index in [0.717, 1.165) is 12.1 Å². The van der Waals surface area contributed by atoms with E-state index in [1.165, 1.54) is 0 Å². The fourth-order valence-electron chi connectivity index (χ4n) is 2.99. The maximum Gasteiger partial charge on any atom is 0.259 e. The van der Waals surface area contributed by atoms with E-state index < -0.39 is 0 Å². The number of aryl methyl sites for hydroxylation is 1. The van der Waals surface area contributed by atoms with Gasteiger partial charge in [-0.2, -0.15) is 5.10 Å². The highest BCUT2D eigenvalue weighted by Gasteiger charge is 2.22. The van der Waals surface area contributed by atoms with Crippen molar-refractivity contribution >= 4 is 17.0 Å². The zero-order chi connectivity index (χ0) is 19.5. The number of hydrogen-bond acceptors (Lipinski definition) is 5. The number of aromatic nitrogens is 4. The van der Waals surface area contributed by atoms with Crippen molar-refractivity contribution in [3.63, 3.8) is 0 Å². The van der Waals surface area contributed by atoms with Gasteiger partial charge in [-0.3, -0.25) is 9.48 Å². The van der Waals surface area contributed by atoms with Crippen molar-refractivity contribution in [2.45, 2.75) is 13.5 Å². The van der Waals surface area contributed by atoms with Crippen LogP contribution < -0.4 is 5.32 Å². The molecule has 140 valence electrons. The fourth-order valence-corrected chi connectivity index (χ4v) is 2.99. The Balaban J connectivity index is 1.91. The minimum Gasteiger partial charge on any atom is -0.349 e. The zero-order valence-corrected chi connectivity index (χ0v) is 15.4. The smallest absolute Gasteiger partial charge is 0.259 e. The molecule has 7 nitrogen and oxygen atoms in total. The predicted octanol–water partition coefficient (Wildman–Crippen LogP) is 3.69. The minimum atomic E-state index is -0.246. The second-order valence-electron chi connectivity index (χ2n) is 6.19. The number of hydrogen-bond donors (Lipinski definition) is 1. The van der Waals surface area contributed by atoms with Gasteiger partial charge in [-0.1, -0.05) is 41.6 Å². The number of carbonyl (C=O) groups excluding carboxylic acids is 1. The Morgan fingerprint density at radius 2 is 2.07 bits per heavy atom. The van der Waals surface area contributed by atoms with E-state index in [1.807, 2.05) is 49.5 Å². The number of nitrogens with zero attached hydrogens (tertiary/aromatic N) is 4. The minimum absolute atomic E-state index is 0.246. The molecule has 4 rings (SSSR count). The first kappa shape index (κ1) is 17.7. The third-order valence-corrected chi connectivity index (χ3v) is 4.37. The van der Waals surface area contributed by atoms with E-state index in [4.69, 9.17) is 4.52 Å². The summed E-state index contributed by atoms with van der Waals surface area (Å²) < 4.78 is 7.30. The van der Waals surface area contributed by atoms with Gasteiger partial charge in [0.2, 0.25) is 0 Å². The van der Waals surface area contributed by atoms with E-state index >= 15 is 0 Å². The quantitative estimate of drug-likeness (QED) is 0.521. The van der Waals surface area contributed by atoms with Crippen molar-refractivity contribution in [1.29, 1.82) is 0 Å². The van der Waals surface area contributed by atoms with Gasteiger partial charge in [0.05, 0.1) is 16.6 Å². The Labute approximate surface area is 161 Å². The van der Waals surface area contributed by atoms with Gasteiger partial charge < -0.3 is 9.84 Å². The molecule has 7 heteroatoms. The van der Waals surface area contributed by atoms with E-state index in [0.29, 0.717) is 40.3 Å². The molecule has 0 fully saturated rings. The van der Waals surface area contributed by atoms with Crippen molar-refractivity contribution in [1.82, 2.24) is 25.2 Å². The second kappa shape index (κ2) is 7.48. The van der Waals surface area contributed by atoms with Gasteiger partial charge in [-0.15, -0.1) is 6.58 Å². The fraction of sp³-hybridized carbons (Fsp3) is 0.143. The van der Waals surface area contributed by atoms with Crippen LogP contribution in [0.25, 0.3) is 33.7 Å². The summed E-state index contributed by atoms with van der Waals surface area (Å²) in [6.45, 7) is 6.76. The molecule has 0 bridgehead atoms. The largest absolute Gasteiger partial charge is 0.349 e. The molecule has 1 aromatic carbocycles. The second-order valence-corrected chi connectivity index (χ2v) is 6.19. The average molecular weight is 373 g/mol.